The molecule has 0 aliphatic heterocycles. The SMILES string of the molecule is CC(NS(=O)(=O)CC1CC1)C(C)C(=O)O. The smallest absolute Gasteiger partial charge is 0.307 e. The highest BCUT2D eigenvalue weighted by Gasteiger charge is 2.30. The van der Waals surface area contributed by atoms with Crippen LogP contribution in [0, 0.1) is 11.8 Å². The summed E-state index contributed by atoms with van der Waals surface area (Å²) in [6.45, 7) is 3.07. The maximum absolute atomic E-state index is 11.5. The van der Waals surface area contributed by atoms with Crippen molar-refractivity contribution in [3.8, 4) is 0 Å². The summed E-state index contributed by atoms with van der Waals surface area (Å²) in [5.41, 5.74) is 0. The Labute approximate surface area is 89.9 Å². The highest BCUT2D eigenvalue weighted by atomic mass is 32.2. The normalized spacial score (nSPS) is 20.9. The van der Waals surface area contributed by atoms with E-state index in [-0.39, 0.29) is 11.7 Å². The van der Waals surface area contributed by atoms with Gasteiger partial charge in [0.25, 0.3) is 0 Å². The van der Waals surface area contributed by atoms with Gasteiger partial charge in [-0.15, -0.1) is 0 Å². The molecule has 0 aromatic rings. The van der Waals surface area contributed by atoms with E-state index in [9.17, 15) is 13.2 Å². The Kier molecular flexibility index (Phi) is 3.72. The van der Waals surface area contributed by atoms with E-state index in [1.165, 1.54) is 6.92 Å². The number of hydrogen-bond acceptors (Lipinski definition) is 3. The van der Waals surface area contributed by atoms with Gasteiger partial charge in [0, 0.05) is 6.04 Å². The molecule has 1 saturated carbocycles. The lowest BCUT2D eigenvalue weighted by molar-refractivity contribution is -0.141. The Bertz CT molecular complexity index is 334. The van der Waals surface area contributed by atoms with Gasteiger partial charge in [-0.3, -0.25) is 4.79 Å². The molecule has 5 nitrogen and oxygen atoms in total. The van der Waals surface area contributed by atoms with E-state index in [0.29, 0.717) is 0 Å². The maximum atomic E-state index is 11.5. The molecule has 1 aliphatic rings. The predicted octanol–water partition coefficient (Wildman–Crippen LogP) is 0.425. The van der Waals surface area contributed by atoms with Crippen LogP contribution in [0.1, 0.15) is 26.7 Å². The van der Waals surface area contributed by atoms with Gasteiger partial charge >= 0.3 is 5.97 Å². The van der Waals surface area contributed by atoms with Crippen molar-refractivity contribution >= 4 is 16.0 Å². The molecule has 15 heavy (non-hydrogen) atoms. The van der Waals surface area contributed by atoms with Crippen LogP contribution in [0.5, 0.6) is 0 Å². The molecule has 1 fully saturated rings. The first kappa shape index (κ1) is 12.4. The van der Waals surface area contributed by atoms with Crippen molar-refractivity contribution in [2.24, 2.45) is 11.8 Å². The molecule has 2 N–H and O–H groups in total. The van der Waals surface area contributed by atoms with Gasteiger partial charge in [-0.2, -0.15) is 0 Å². The minimum atomic E-state index is -3.31. The van der Waals surface area contributed by atoms with Gasteiger partial charge in [-0.1, -0.05) is 6.92 Å². The van der Waals surface area contributed by atoms with E-state index >= 15 is 0 Å². The fourth-order valence-corrected chi connectivity index (χ4v) is 3.06. The third-order valence-corrected chi connectivity index (χ3v) is 4.30. The molecule has 0 saturated heterocycles. The largest absolute Gasteiger partial charge is 0.481 e. The lowest BCUT2D eigenvalue weighted by Gasteiger charge is -2.17. The van der Waals surface area contributed by atoms with Gasteiger partial charge < -0.3 is 5.11 Å². The fourth-order valence-electron chi connectivity index (χ4n) is 1.24. The van der Waals surface area contributed by atoms with Crippen molar-refractivity contribution in [3.05, 3.63) is 0 Å². The first-order chi connectivity index (χ1) is 6.82. The quantitative estimate of drug-likeness (QED) is 0.699. The summed E-state index contributed by atoms with van der Waals surface area (Å²) in [4.78, 5) is 10.6. The molecule has 0 aromatic carbocycles. The Hall–Kier alpha value is -0.620. The van der Waals surface area contributed by atoms with Crippen LogP contribution in [-0.4, -0.2) is 31.3 Å². The zero-order chi connectivity index (χ0) is 11.6. The number of hydrogen-bond donors (Lipinski definition) is 2. The predicted molar refractivity (Wildman–Crippen MR) is 55.9 cm³/mol. The minimum absolute atomic E-state index is 0.129. The van der Waals surface area contributed by atoms with E-state index in [0.717, 1.165) is 12.8 Å². The van der Waals surface area contributed by atoms with Gasteiger partial charge in [0.05, 0.1) is 11.7 Å². The number of carboxylic acids is 1. The number of carbonyl (C=O) groups is 1. The zero-order valence-corrected chi connectivity index (χ0v) is 9.75. The second kappa shape index (κ2) is 4.49. The number of sulfonamides is 1. The molecule has 0 amide bonds. The summed E-state index contributed by atoms with van der Waals surface area (Å²) in [5, 5.41) is 8.71. The number of aliphatic carboxylic acids is 1. The summed E-state index contributed by atoms with van der Waals surface area (Å²) in [6, 6.07) is -0.564. The van der Waals surface area contributed by atoms with Crippen LogP contribution in [0.4, 0.5) is 0 Å². The summed E-state index contributed by atoms with van der Waals surface area (Å²) in [7, 11) is -3.31. The second-order valence-electron chi connectivity index (χ2n) is 4.26. The van der Waals surface area contributed by atoms with E-state index in [1.54, 1.807) is 6.92 Å². The van der Waals surface area contributed by atoms with Crippen LogP contribution in [0.25, 0.3) is 0 Å². The van der Waals surface area contributed by atoms with Crippen molar-refractivity contribution in [1.82, 2.24) is 4.72 Å². The molecule has 1 aliphatic carbocycles. The van der Waals surface area contributed by atoms with Crippen molar-refractivity contribution in [1.29, 1.82) is 0 Å². The molecule has 6 heteroatoms. The van der Waals surface area contributed by atoms with E-state index in [4.69, 9.17) is 5.11 Å². The van der Waals surface area contributed by atoms with Crippen molar-refractivity contribution < 1.29 is 18.3 Å². The summed E-state index contributed by atoms with van der Waals surface area (Å²) < 4.78 is 25.4. The highest BCUT2D eigenvalue weighted by molar-refractivity contribution is 7.89. The van der Waals surface area contributed by atoms with Gasteiger partial charge in [0.1, 0.15) is 0 Å². The number of carboxylic acid groups (broad SMARTS) is 1. The molecule has 0 radical (unpaired) electrons. The average molecular weight is 235 g/mol. The van der Waals surface area contributed by atoms with E-state index < -0.39 is 28.0 Å². The van der Waals surface area contributed by atoms with Crippen LogP contribution in [0.3, 0.4) is 0 Å². The maximum Gasteiger partial charge on any atom is 0.307 e. The van der Waals surface area contributed by atoms with Gasteiger partial charge in [-0.05, 0) is 25.7 Å². The molecule has 88 valence electrons. The van der Waals surface area contributed by atoms with Crippen molar-refractivity contribution in [2.75, 3.05) is 5.75 Å². The molecule has 2 atom stereocenters. The molecule has 0 heterocycles. The van der Waals surface area contributed by atoms with Gasteiger partial charge in [0.2, 0.25) is 10.0 Å². The van der Waals surface area contributed by atoms with Crippen LogP contribution < -0.4 is 4.72 Å². The molecule has 2 unspecified atom stereocenters. The van der Waals surface area contributed by atoms with Crippen LogP contribution in [-0.2, 0) is 14.8 Å². The monoisotopic (exact) mass is 235 g/mol. The lowest BCUT2D eigenvalue weighted by atomic mass is 10.1. The third-order valence-electron chi connectivity index (χ3n) is 2.66. The summed E-state index contributed by atoms with van der Waals surface area (Å²) in [5.74, 6) is -1.30. The number of nitrogens with one attached hydrogen (secondary N) is 1. The van der Waals surface area contributed by atoms with Gasteiger partial charge in [-0.25, -0.2) is 13.1 Å². The van der Waals surface area contributed by atoms with Gasteiger partial charge in [0.15, 0.2) is 0 Å². The summed E-state index contributed by atoms with van der Waals surface area (Å²) in [6.07, 6.45) is 1.92. The Morgan fingerprint density at radius 3 is 2.40 bits per heavy atom. The number of rotatable bonds is 6. The van der Waals surface area contributed by atoms with E-state index in [1.807, 2.05) is 0 Å². The van der Waals surface area contributed by atoms with Crippen LogP contribution in [0.15, 0.2) is 0 Å². The Balaban J connectivity index is 2.48. The highest BCUT2D eigenvalue weighted by Crippen LogP contribution is 2.30. The molecule has 0 bridgehead atoms. The Morgan fingerprint density at radius 1 is 1.47 bits per heavy atom. The molecular weight excluding hydrogens is 218 g/mol. The Morgan fingerprint density at radius 2 is 2.00 bits per heavy atom. The van der Waals surface area contributed by atoms with Crippen molar-refractivity contribution in [3.63, 3.8) is 0 Å². The second-order valence-corrected chi connectivity index (χ2v) is 6.06. The molecule has 0 aromatic heterocycles. The molecule has 0 spiro atoms. The molecule has 1 rings (SSSR count). The standard InChI is InChI=1S/C9H17NO4S/c1-6(9(11)12)7(2)10-15(13,14)5-8-3-4-8/h6-8,10H,3-5H2,1-2H3,(H,11,12). The minimum Gasteiger partial charge on any atom is -0.481 e. The van der Waals surface area contributed by atoms with Crippen LogP contribution in [0.2, 0.25) is 0 Å². The fraction of sp³-hybridized carbons (Fsp3) is 0.889. The van der Waals surface area contributed by atoms with Crippen molar-refractivity contribution in [2.45, 2.75) is 32.7 Å². The average Bonchev–Trinajstić information content (AvgIpc) is 2.84. The lowest BCUT2D eigenvalue weighted by Crippen LogP contribution is -2.41. The van der Waals surface area contributed by atoms with E-state index in [2.05, 4.69) is 4.72 Å². The first-order valence-corrected chi connectivity index (χ1v) is 6.70. The summed E-state index contributed by atoms with van der Waals surface area (Å²) >= 11 is 0. The van der Waals surface area contributed by atoms with Crippen LogP contribution >= 0.6 is 0 Å². The molecular formula is C9H17NO4S. The first-order valence-electron chi connectivity index (χ1n) is 5.04. The third kappa shape index (κ3) is 4.17. The zero-order valence-electron chi connectivity index (χ0n) is 8.93. The topological polar surface area (TPSA) is 83.5 Å².